The molecular formula is C12H18BrNO. The third-order valence-corrected chi connectivity index (χ3v) is 3.16. The minimum atomic E-state index is 0.759. The summed E-state index contributed by atoms with van der Waals surface area (Å²) in [5.41, 5.74) is 8.07. The summed E-state index contributed by atoms with van der Waals surface area (Å²) in [6, 6.07) is 4.14. The van der Waals surface area contributed by atoms with Crippen LogP contribution < -0.4 is 10.5 Å². The van der Waals surface area contributed by atoms with Crippen molar-refractivity contribution < 1.29 is 4.74 Å². The van der Waals surface area contributed by atoms with Crippen LogP contribution in [0.25, 0.3) is 0 Å². The van der Waals surface area contributed by atoms with Crippen molar-refractivity contribution >= 4 is 15.9 Å². The van der Waals surface area contributed by atoms with Crippen LogP contribution in [0.15, 0.2) is 16.6 Å². The molecule has 0 saturated carbocycles. The van der Waals surface area contributed by atoms with E-state index in [1.165, 1.54) is 11.1 Å². The van der Waals surface area contributed by atoms with Crippen molar-refractivity contribution in [1.82, 2.24) is 0 Å². The van der Waals surface area contributed by atoms with E-state index >= 15 is 0 Å². The molecule has 0 aliphatic carbocycles. The van der Waals surface area contributed by atoms with Crippen LogP contribution in [0.1, 0.15) is 24.0 Å². The lowest BCUT2D eigenvalue weighted by molar-refractivity contribution is 0.405. The fourth-order valence-electron chi connectivity index (χ4n) is 1.68. The van der Waals surface area contributed by atoms with Gasteiger partial charge in [0.05, 0.1) is 11.6 Å². The van der Waals surface area contributed by atoms with Crippen molar-refractivity contribution in [1.29, 1.82) is 0 Å². The van der Waals surface area contributed by atoms with E-state index in [0.29, 0.717) is 0 Å². The molecule has 0 fully saturated rings. The van der Waals surface area contributed by atoms with E-state index in [9.17, 15) is 0 Å². The molecule has 0 bridgehead atoms. The first-order valence-corrected chi connectivity index (χ1v) is 6.02. The lowest BCUT2D eigenvalue weighted by Crippen LogP contribution is -2.01. The molecule has 2 nitrogen and oxygen atoms in total. The molecule has 0 saturated heterocycles. The number of methoxy groups -OCH3 is 1. The maximum atomic E-state index is 5.49. The Hall–Kier alpha value is -0.540. The van der Waals surface area contributed by atoms with Gasteiger partial charge in [0.15, 0.2) is 0 Å². The Kier molecular flexibility index (Phi) is 5.12. The molecule has 15 heavy (non-hydrogen) atoms. The summed E-state index contributed by atoms with van der Waals surface area (Å²) in [6.45, 7) is 2.88. The zero-order valence-electron chi connectivity index (χ0n) is 9.35. The smallest absolute Gasteiger partial charge is 0.136 e. The van der Waals surface area contributed by atoms with Gasteiger partial charge in [0.25, 0.3) is 0 Å². The Morgan fingerprint density at radius 1 is 1.33 bits per heavy atom. The highest BCUT2D eigenvalue weighted by atomic mass is 79.9. The van der Waals surface area contributed by atoms with Crippen LogP contribution >= 0.6 is 15.9 Å². The lowest BCUT2D eigenvalue weighted by atomic mass is 10.0. The average Bonchev–Trinajstić information content (AvgIpc) is 2.23. The first kappa shape index (κ1) is 12.5. The van der Waals surface area contributed by atoms with Gasteiger partial charge in [-0.05, 0) is 65.9 Å². The molecule has 1 rings (SSSR count). The molecule has 0 aromatic heterocycles. The molecule has 0 aliphatic rings. The molecule has 0 amide bonds. The Labute approximate surface area is 99.9 Å². The summed E-state index contributed by atoms with van der Waals surface area (Å²) in [5, 5.41) is 0. The van der Waals surface area contributed by atoms with Crippen molar-refractivity contribution in [3.63, 3.8) is 0 Å². The Morgan fingerprint density at radius 3 is 2.67 bits per heavy atom. The van der Waals surface area contributed by atoms with Crippen LogP contribution in [0, 0.1) is 6.92 Å². The summed E-state index contributed by atoms with van der Waals surface area (Å²) in [5.74, 6) is 0.965. The van der Waals surface area contributed by atoms with Gasteiger partial charge in [0, 0.05) is 0 Å². The van der Waals surface area contributed by atoms with Crippen LogP contribution in [0.5, 0.6) is 5.75 Å². The molecule has 2 N–H and O–H groups in total. The zero-order chi connectivity index (χ0) is 11.3. The number of rotatable bonds is 5. The van der Waals surface area contributed by atoms with Crippen LogP contribution in [0.3, 0.4) is 0 Å². The fourth-order valence-corrected chi connectivity index (χ4v) is 2.21. The largest absolute Gasteiger partial charge is 0.495 e. The molecule has 0 radical (unpaired) electrons. The van der Waals surface area contributed by atoms with Crippen LogP contribution in [-0.2, 0) is 6.42 Å². The van der Waals surface area contributed by atoms with E-state index < -0.39 is 0 Å². The number of benzene rings is 1. The van der Waals surface area contributed by atoms with Gasteiger partial charge >= 0.3 is 0 Å². The summed E-state index contributed by atoms with van der Waals surface area (Å²) >= 11 is 3.50. The Morgan fingerprint density at radius 2 is 2.07 bits per heavy atom. The van der Waals surface area contributed by atoms with Gasteiger partial charge in [-0.2, -0.15) is 0 Å². The number of unbranched alkanes of at least 4 members (excludes halogenated alkanes) is 1. The number of hydrogen-bond donors (Lipinski definition) is 1. The zero-order valence-corrected chi connectivity index (χ0v) is 10.9. The summed E-state index contributed by atoms with van der Waals surface area (Å²) in [6.07, 6.45) is 3.21. The highest BCUT2D eigenvalue weighted by Crippen LogP contribution is 2.32. The van der Waals surface area contributed by atoms with E-state index in [2.05, 4.69) is 28.9 Å². The van der Waals surface area contributed by atoms with E-state index in [-0.39, 0.29) is 0 Å². The normalized spacial score (nSPS) is 10.4. The van der Waals surface area contributed by atoms with E-state index in [1.807, 2.05) is 6.07 Å². The van der Waals surface area contributed by atoms with Gasteiger partial charge in [-0.25, -0.2) is 0 Å². The fraction of sp³-hybridized carbons (Fsp3) is 0.500. The van der Waals surface area contributed by atoms with Crippen molar-refractivity contribution in [2.75, 3.05) is 13.7 Å². The summed E-state index contributed by atoms with van der Waals surface area (Å²) < 4.78 is 6.44. The van der Waals surface area contributed by atoms with Gasteiger partial charge in [-0.3, -0.25) is 0 Å². The second-order valence-electron chi connectivity index (χ2n) is 3.62. The predicted octanol–water partition coefficient (Wildman–Crippen LogP) is 3.05. The van der Waals surface area contributed by atoms with Crippen molar-refractivity contribution in [2.24, 2.45) is 5.73 Å². The molecule has 0 aliphatic heterocycles. The summed E-state index contributed by atoms with van der Waals surface area (Å²) in [4.78, 5) is 0. The van der Waals surface area contributed by atoms with Crippen molar-refractivity contribution in [3.8, 4) is 5.75 Å². The van der Waals surface area contributed by atoms with Gasteiger partial charge in [-0.15, -0.1) is 0 Å². The van der Waals surface area contributed by atoms with Crippen molar-refractivity contribution in [3.05, 3.63) is 27.7 Å². The third-order valence-electron chi connectivity index (χ3n) is 2.53. The lowest BCUT2D eigenvalue weighted by Gasteiger charge is -2.13. The standard InChI is InChI=1S/C12H18BrNO/c1-9-6-7-11(13)12(15-2)10(9)5-3-4-8-14/h6-7H,3-5,8,14H2,1-2H3. The Bertz CT molecular complexity index is 326. The molecule has 1 aromatic carbocycles. The van der Waals surface area contributed by atoms with Crippen LogP contribution in [0.4, 0.5) is 0 Å². The Balaban J connectivity index is 2.87. The van der Waals surface area contributed by atoms with E-state index in [1.54, 1.807) is 7.11 Å². The SMILES string of the molecule is COc1c(Br)ccc(C)c1CCCCN. The second kappa shape index (κ2) is 6.13. The topological polar surface area (TPSA) is 35.2 Å². The molecule has 1 aromatic rings. The molecule has 0 heterocycles. The highest BCUT2D eigenvalue weighted by molar-refractivity contribution is 9.10. The maximum absolute atomic E-state index is 5.49. The third kappa shape index (κ3) is 3.21. The molecular weight excluding hydrogens is 254 g/mol. The van der Waals surface area contributed by atoms with Gasteiger partial charge in [0.2, 0.25) is 0 Å². The minimum absolute atomic E-state index is 0.759. The number of ether oxygens (including phenoxy) is 1. The maximum Gasteiger partial charge on any atom is 0.136 e. The first-order chi connectivity index (χ1) is 7.20. The van der Waals surface area contributed by atoms with Crippen molar-refractivity contribution in [2.45, 2.75) is 26.2 Å². The summed E-state index contributed by atoms with van der Waals surface area (Å²) in [7, 11) is 1.71. The van der Waals surface area contributed by atoms with Crippen LogP contribution in [-0.4, -0.2) is 13.7 Å². The number of nitrogens with two attached hydrogens (primary N) is 1. The second-order valence-corrected chi connectivity index (χ2v) is 4.48. The monoisotopic (exact) mass is 271 g/mol. The minimum Gasteiger partial charge on any atom is -0.495 e. The van der Waals surface area contributed by atoms with Crippen LogP contribution in [0.2, 0.25) is 0 Å². The number of hydrogen-bond acceptors (Lipinski definition) is 2. The number of halogens is 1. The molecule has 0 unspecified atom stereocenters. The first-order valence-electron chi connectivity index (χ1n) is 5.22. The van der Waals surface area contributed by atoms with E-state index in [4.69, 9.17) is 10.5 Å². The van der Waals surface area contributed by atoms with Gasteiger partial charge in [0.1, 0.15) is 5.75 Å². The molecule has 0 spiro atoms. The predicted molar refractivity (Wildman–Crippen MR) is 67.4 cm³/mol. The molecule has 84 valence electrons. The van der Waals surface area contributed by atoms with Gasteiger partial charge < -0.3 is 10.5 Å². The number of aryl methyl sites for hydroxylation is 1. The molecule has 3 heteroatoms. The highest BCUT2D eigenvalue weighted by Gasteiger charge is 2.09. The molecule has 0 atom stereocenters. The quantitative estimate of drug-likeness (QED) is 0.836. The van der Waals surface area contributed by atoms with E-state index in [0.717, 1.165) is 36.0 Å². The average molecular weight is 272 g/mol. The van der Waals surface area contributed by atoms with Gasteiger partial charge in [-0.1, -0.05) is 6.07 Å².